The van der Waals surface area contributed by atoms with Gasteiger partial charge in [0.05, 0.1) is 12.8 Å². The average Bonchev–Trinajstić information content (AvgIpc) is 2.46. The second-order valence-electron chi connectivity index (χ2n) is 4.37. The van der Waals surface area contributed by atoms with Crippen LogP contribution in [0, 0.1) is 0 Å². The lowest BCUT2D eigenvalue weighted by Crippen LogP contribution is -2.11. The zero-order valence-electron chi connectivity index (χ0n) is 11.3. The minimum absolute atomic E-state index is 0.379. The van der Waals surface area contributed by atoms with E-state index in [1.54, 1.807) is 43.5 Å². The van der Waals surface area contributed by atoms with Crippen molar-refractivity contribution < 1.29 is 9.53 Å². The summed E-state index contributed by atoms with van der Waals surface area (Å²) in [6.45, 7) is 0.467. The predicted octanol–water partition coefficient (Wildman–Crippen LogP) is 3.71. The first-order valence-corrected chi connectivity index (χ1v) is 6.92. The number of rotatable bonds is 5. The van der Waals surface area contributed by atoms with Crippen LogP contribution >= 0.6 is 23.2 Å². The van der Waals surface area contributed by atoms with Gasteiger partial charge in [-0.25, -0.2) is 0 Å². The summed E-state index contributed by atoms with van der Waals surface area (Å²) in [5.74, 6) is 0.178. The van der Waals surface area contributed by atoms with E-state index in [1.807, 2.05) is 0 Å². The van der Waals surface area contributed by atoms with Crippen LogP contribution in [0.25, 0.3) is 0 Å². The number of nitrogens with one attached hydrogen (secondary N) is 1. The van der Waals surface area contributed by atoms with E-state index in [0.717, 1.165) is 11.3 Å². The molecule has 0 fully saturated rings. The first-order valence-electron chi connectivity index (χ1n) is 6.17. The Hall–Kier alpha value is -1.91. The summed E-state index contributed by atoms with van der Waals surface area (Å²) in [4.78, 5) is 11.1. The van der Waals surface area contributed by atoms with Crippen molar-refractivity contribution in [1.82, 2.24) is 0 Å². The third-order valence-electron chi connectivity index (χ3n) is 2.97. The molecule has 0 bridgehead atoms. The summed E-state index contributed by atoms with van der Waals surface area (Å²) in [6, 6.07) is 10.2. The molecule has 3 N–H and O–H groups in total. The summed E-state index contributed by atoms with van der Waals surface area (Å²) in [6.07, 6.45) is 0. The Bertz CT molecular complexity index is 675. The fourth-order valence-corrected chi connectivity index (χ4v) is 2.27. The highest BCUT2D eigenvalue weighted by atomic mass is 35.5. The molecule has 1 amide bonds. The molecule has 0 atom stereocenters. The number of halogens is 2. The number of anilines is 1. The van der Waals surface area contributed by atoms with Gasteiger partial charge in [-0.15, -0.1) is 0 Å². The van der Waals surface area contributed by atoms with Crippen molar-refractivity contribution in [2.24, 2.45) is 5.73 Å². The maximum absolute atomic E-state index is 11.1. The van der Waals surface area contributed by atoms with Crippen LogP contribution in [0.2, 0.25) is 10.0 Å². The van der Waals surface area contributed by atoms with Crippen LogP contribution in [0.1, 0.15) is 15.9 Å². The van der Waals surface area contributed by atoms with E-state index in [1.165, 1.54) is 0 Å². The molecular weight excluding hydrogens is 311 g/mol. The molecule has 0 aliphatic rings. The van der Waals surface area contributed by atoms with Crippen molar-refractivity contribution >= 4 is 34.8 Å². The lowest BCUT2D eigenvalue weighted by molar-refractivity contribution is 0.100. The first-order chi connectivity index (χ1) is 10.0. The molecule has 2 aromatic carbocycles. The van der Waals surface area contributed by atoms with E-state index in [0.29, 0.717) is 27.9 Å². The van der Waals surface area contributed by atoms with Crippen molar-refractivity contribution in [2.45, 2.75) is 6.54 Å². The molecule has 2 rings (SSSR count). The van der Waals surface area contributed by atoms with Gasteiger partial charge in [-0.05, 0) is 35.9 Å². The zero-order valence-corrected chi connectivity index (χ0v) is 12.8. The van der Waals surface area contributed by atoms with Gasteiger partial charge in [-0.1, -0.05) is 29.3 Å². The van der Waals surface area contributed by atoms with E-state index < -0.39 is 5.91 Å². The molecule has 0 aromatic heterocycles. The maximum atomic E-state index is 11.1. The number of hydrogen-bond acceptors (Lipinski definition) is 3. The highest BCUT2D eigenvalue weighted by Crippen LogP contribution is 2.28. The molecule has 0 spiro atoms. The Kier molecular flexibility index (Phi) is 4.94. The minimum Gasteiger partial charge on any atom is -0.495 e. The van der Waals surface area contributed by atoms with Gasteiger partial charge in [-0.3, -0.25) is 4.79 Å². The first kappa shape index (κ1) is 15.5. The quantitative estimate of drug-likeness (QED) is 0.881. The van der Waals surface area contributed by atoms with Crippen molar-refractivity contribution in [3.63, 3.8) is 0 Å². The molecule has 0 heterocycles. The van der Waals surface area contributed by atoms with E-state index in [2.05, 4.69) is 5.32 Å². The largest absolute Gasteiger partial charge is 0.495 e. The Morgan fingerprint density at radius 2 is 2.00 bits per heavy atom. The van der Waals surface area contributed by atoms with Gasteiger partial charge in [-0.2, -0.15) is 0 Å². The Balaban J connectivity index is 2.17. The standard InChI is InChI=1S/C15H14Cl2N2O2/c1-21-14-5-4-11(16)7-13(14)19-8-10-3-2-9(15(18)20)6-12(10)17/h2-7,19H,8H2,1H3,(H2,18,20). The van der Waals surface area contributed by atoms with E-state index in [9.17, 15) is 4.79 Å². The van der Waals surface area contributed by atoms with E-state index >= 15 is 0 Å². The molecule has 0 aliphatic heterocycles. The van der Waals surface area contributed by atoms with Crippen LogP contribution < -0.4 is 15.8 Å². The van der Waals surface area contributed by atoms with Gasteiger partial charge >= 0.3 is 0 Å². The van der Waals surface area contributed by atoms with Crippen molar-refractivity contribution in [1.29, 1.82) is 0 Å². The van der Waals surface area contributed by atoms with Crippen LogP contribution in [0.4, 0.5) is 5.69 Å². The van der Waals surface area contributed by atoms with Crippen molar-refractivity contribution in [2.75, 3.05) is 12.4 Å². The molecule has 110 valence electrons. The van der Waals surface area contributed by atoms with E-state index in [-0.39, 0.29) is 0 Å². The van der Waals surface area contributed by atoms with Crippen LogP contribution in [-0.2, 0) is 6.54 Å². The van der Waals surface area contributed by atoms with Crippen molar-refractivity contribution in [3.05, 3.63) is 57.6 Å². The maximum Gasteiger partial charge on any atom is 0.248 e. The number of hydrogen-bond donors (Lipinski definition) is 2. The number of carbonyl (C=O) groups excluding carboxylic acids is 1. The van der Waals surface area contributed by atoms with Crippen LogP contribution in [0.3, 0.4) is 0 Å². The Morgan fingerprint density at radius 1 is 1.24 bits per heavy atom. The highest BCUT2D eigenvalue weighted by Gasteiger charge is 2.08. The molecule has 21 heavy (non-hydrogen) atoms. The molecule has 2 aromatic rings. The fourth-order valence-electron chi connectivity index (χ4n) is 1.85. The number of primary amides is 1. The summed E-state index contributed by atoms with van der Waals surface area (Å²) < 4.78 is 5.25. The second-order valence-corrected chi connectivity index (χ2v) is 5.21. The molecule has 6 heteroatoms. The number of carbonyl (C=O) groups is 1. The van der Waals surface area contributed by atoms with Gasteiger partial charge in [0.1, 0.15) is 5.75 Å². The summed E-state index contributed by atoms with van der Waals surface area (Å²) >= 11 is 12.1. The Labute approximate surface area is 132 Å². The average molecular weight is 325 g/mol. The van der Waals surface area contributed by atoms with Gasteiger partial charge < -0.3 is 15.8 Å². The van der Waals surface area contributed by atoms with E-state index in [4.69, 9.17) is 33.7 Å². The highest BCUT2D eigenvalue weighted by molar-refractivity contribution is 6.32. The van der Waals surface area contributed by atoms with Crippen molar-refractivity contribution in [3.8, 4) is 5.75 Å². The third-order valence-corrected chi connectivity index (χ3v) is 3.56. The lowest BCUT2D eigenvalue weighted by Gasteiger charge is -2.12. The normalized spacial score (nSPS) is 10.2. The predicted molar refractivity (Wildman–Crippen MR) is 85.3 cm³/mol. The summed E-state index contributed by atoms with van der Waals surface area (Å²) in [5, 5.41) is 4.28. The SMILES string of the molecule is COc1ccc(Cl)cc1NCc1ccc(C(N)=O)cc1Cl. The zero-order chi connectivity index (χ0) is 15.4. The monoisotopic (exact) mass is 324 g/mol. The Morgan fingerprint density at radius 3 is 2.62 bits per heavy atom. The lowest BCUT2D eigenvalue weighted by atomic mass is 10.1. The molecule has 4 nitrogen and oxygen atoms in total. The number of ether oxygens (including phenoxy) is 1. The van der Waals surface area contributed by atoms with Gasteiger partial charge in [0.2, 0.25) is 5.91 Å². The summed E-state index contributed by atoms with van der Waals surface area (Å²) in [5.41, 5.74) is 7.19. The van der Waals surface area contributed by atoms with Gasteiger partial charge in [0.25, 0.3) is 0 Å². The van der Waals surface area contributed by atoms with Crippen LogP contribution in [0.15, 0.2) is 36.4 Å². The number of methoxy groups -OCH3 is 1. The second kappa shape index (κ2) is 6.70. The van der Waals surface area contributed by atoms with Gasteiger partial charge in [0.15, 0.2) is 0 Å². The molecule has 0 aliphatic carbocycles. The summed E-state index contributed by atoms with van der Waals surface area (Å²) in [7, 11) is 1.59. The smallest absolute Gasteiger partial charge is 0.248 e. The molecule has 0 unspecified atom stereocenters. The fraction of sp³-hybridized carbons (Fsp3) is 0.133. The number of nitrogens with two attached hydrogens (primary N) is 1. The topological polar surface area (TPSA) is 64.3 Å². The van der Waals surface area contributed by atoms with Crippen LogP contribution in [0.5, 0.6) is 5.75 Å². The molecule has 0 saturated carbocycles. The minimum atomic E-state index is -0.507. The molecule has 0 saturated heterocycles. The molecule has 0 radical (unpaired) electrons. The number of benzene rings is 2. The van der Waals surface area contributed by atoms with Crippen LogP contribution in [-0.4, -0.2) is 13.0 Å². The van der Waals surface area contributed by atoms with Gasteiger partial charge in [0, 0.05) is 22.2 Å². The third kappa shape index (κ3) is 3.80. The molecular formula is C15H14Cl2N2O2. The number of amides is 1.